The molecule has 24 heavy (non-hydrogen) atoms. The highest BCUT2D eigenvalue weighted by Crippen LogP contribution is 2.21. The number of anilines is 4. The molecule has 0 aliphatic heterocycles. The molecule has 0 aliphatic rings. The van der Waals surface area contributed by atoms with E-state index in [2.05, 4.69) is 55.6 Å². The molecule has 4 nitrogen and oxygen atoms in total. The standard InChI is InChI=1S/C19H19BrN4/c1-3-14-7-9-16(10-8-14)23-19-21-13(2)11-18(24-19)22-17-6-4-5-15(20)12-17/h4-12H,3H2,1-2H3,(H2,21,22,23,24). The third kappa shape index (κ3) is 4.32. The monoisotopic (exact) mass is 382 g/mol. The number of hydrogen-bond acceptors (Lipinski definition) is 4. The summed E-state index contributed by atoms with van der Waals surface area (Å²) in [7, 11) is 0. The lowest BCUT2D eigenvalue weighted by Gasteiger charge is -2.10. The van der Waals surface area contributed by atoms with Crippen LogP contribution in [-0.4, -0.2) is 9.97 Å². The molecule has 0 saturated carbocycles. The summed E-state index contributed by atoms with van der Waals surface area (Å²) in [6.45, 7) is 4.10. The van der Waals surface area contributed by atoms with Gasteiger partial charge in [-0.25, -0.2) is 4.98 Å². The van der Waals surface area contributed by atoms with Crippen molar-refractivity contribution >= 4 is 39.1 Å². The molecule has 2 aromatic carbocycles. The van der Waals surface area contributed by atoms with Crippen molar-refractivity contribution in [3.05, 3.63) is 70.3 Å². The Kier molecular flexibility index (Phi) is 5.11. The zero-order valence-corrected chi connectivity index (χ0v) is 15.3. The van der Waals surface area contributed by atoms with Gasteiger partial charge in [0.1, 0.15) is 5.82 Å². The first-order valence-electron chi connectivity index (χ1n) is 7.86. The minimum atomic E-state index is 0.580. The number of benzene rings is 2. The Morgan fingerprint density at radius 2 is 1.71 bits per heavy atom. The van der Waals surface area contributed by atoms with Crippen LogP contribution < -0.4 is 10.6 Å². The second-order valence-corrected chi connectivity index (χ2v) is 6.44. The zero-order valence-electron chi connectivity index (χ0n) is 13.7. The first-order chi connectivity index (χ1) is 11.6. The molecule has 0 fully saturated rings. The van der Waals surface area contributed by atoms with Crippen molar-refractivity contribution in [3.8, 4) is 0 Å². The topological polar surface area (TPSA) is 49.8 Å². The molecule has 0 radical (unpaired) electrons. The molecular weight excluding hydrogens is 364 g/mol. The van der Waals surface area contributed by atoms with Gasteiger partial charge in [-0.1, -0.05) is 41.1 Å². The van der Waals surface area contributed by atoms with E-state index in [1.165, 1.54) is 5.56 Å². The van der Waals surface area contributed by atoms with Crippen LogP contribution in [0.2, 0.25) is 0 Å². The van der Waals surface area contributed by atoms with Crippen LogP contribution in [0.3, 0.4) is 0 Å². The fourth-order valence-corrected chi connectivity index (χ4v) is 2.75. The first-order valence-corrected chi connectivity index (χ1v) is 8.66. The second kappa shape index (κ2) is 7.45. The van der Waals surface area contributed by atoms with Gasteiger partial charge in [0.15, 0.2) is 0 Å². The Hall–Kier alpha value is -2.40. The van der Waals surface area contributed by atoms with E-state index in [4.69, 9.17) is 0 Å². The molecule has 3 rings (SSSR count). The van der Waals surface area contributed by atoms with Crippen LogP contribution in [-0.2, 0) is 6.42 Å². The smallest absolute Gasteiger partial charge is 0.229 e. The number of halogens is 1. The van der Waals surface area contributed by atoms with Crippen LogP contribution in [0.25, 0.3) is 0 Å². The van der Waals surface area contributed by atoms with Crippen LogP contribution in [0.15, 0.2) is 59.1 Å². The number of nitrogens with one attached hydrogen (secondary N) is 2. The van der Waals surface area contributed by atoms with Crippen molar-refractivity contribution in [1.29, 1.82) is 0 Å². The Balaban J connectivity index is 1.80. The van der Waals surface area contributed by atoms with Crippen molar-refractivity contribution in [2.24, 2.45) is 0 Å². The van der Waals surface area contributed by atoms with Crippen LogP contribution in [0, 0.1) is 6.92 Å². The van der Waals surface area contributed by atoms with Crippen molar-refractivity contribution in [2.45, 2.75) is 20.3 Å². The highest BCUT2D eigenvalue weighted by atomic mass is 79.9. The second-order valence-electron chi connectivity index (χ2n) is 5.53. The quantitative estimate of drug-likeness (QED) is 0.602. The summed E-state index contributed by atoms with van der Waals surface area (Å²) in [5.74, 6) is 1.34. The third-order valence-corrected chi connectivity index (χ3v) is 4.06. The van der Waals surface area contributed by atoms with Crippen molar-refractivity contribution in [1.82, 2.24) is 9.97 Å². The molecule has 1 heterocycles. The number of rotatable bonds is 5. The molecule has 0 unspecified atom stereocenters. The fourth-order valence-electron chi connectivity index (χ4n) is 2.36. The fraction of sp³-hybridized carbons (Fsp3) is 0.158. The average molecular weight is 383 g/mol. The lowest BCUT2D eigenvalue weighted by atomic mass is 10.1. The average Bonchev–Trinajstić information content (AvgIpc) is 2.55. The molecule has 0 spiro atoms. The van der Waals surface area contributed by atoms with Crippen LogP contribution in [0.1, 0.15) is 18.2 Å². The summed E-state index contributed by atoms with van der Waals surface area (Å²) < 4.78 is 1.02. The minimum absolute atomic E-state index is 0.580. The first kappa shape index (κ1) is 16.5. The van der Waals surface area contributed by atoms with Gasteiger partial charge in [0.25, 0.3) is 0 Å². The number of aryl methyl sites for hydroxylation is 2. The van der Waals surface area contributed by atoms with Gasteiger partial charge in [0.05, 0.1) is 0 Å². The minimum Gasteiger partial charge on any atom is -0.340 e. The van der Waals surface area contributed by atoms with Gasteiger partial charge < -0.3 is 10.6 Å². The van der Waals surface area contributed by atoms with Gasteiger partial charge in [0, 0.05) is 27.6 Å². The summed E-state index contributed by atoms with van der Waals surface area (Å²) in [6, 6.07) is 18.2. The summed E-state index contributed by atoms with van der Waals surface area (Å²) in [5, 5.41) is 6.57. The molecule has 0 atom stereocenters. The van der Waals surface area contributed by atoms with Crippen molar-refractivity contribution in [2.75, 3.05) is 10.6 Å². The van der Waals surface area contributed by atoms with Gasteiger partial charge in [-0.05, 0) is 49.2 Å². The molecule has 0 saturated heterocycles. The predicted octanol–water partition coefficient (Wildman–Crippen LogP) is 5.60. The molecule has 0 amide bonds. The SMILES string of the molecule is CCc1ccc(Nc2nc(C)cc(Nc3cccc(Br)c3)n2)cc1. The number of nitrogens with zero attached hydrogens (tertiary/aromatic N) is 2. The van der Waals surface area contributed by atoms with Crippen LogP contribution in [0.5, 0.6) is 0 Å². The van der Waals surface area contributed by atoms with Crippen molar-refractivity contribution < 1.29 is 0 Å². The van der Waals surface area contributed by atoms with E-state index in [1.807, 2.05) is 49.4 Å². The maximum atomic E-state index is 4.55. The Bertz CT molecular complexity index is 831. The van der Waals surface area contributed by atoms with E-state index in [1.54, 1.807) is 0 Å². The Morgan fingerprint density at radius 3 is 2.42 bits per heavy atom. The van der Waals surface area contributed by atoms with Gasteiger partial charge in [-0.15, -0.1) is 0 Å². The summed E-state index contributed by atoms with van der Waals surface area (Å²) >= 11 is 3.48. The van der Waals surface area contributed by atoms with E-state index in [0.29, 0.717) is 5.95 Å². The summed E-state index contributed by atoms with van der Waals surface area (Å²) in [4.78, 5) is 9.01. The lowest BCUT2D eigenvalue weighted by Crippen LogP contribution is -2.02. The Morgan fingerprint density at radius 1 is 0.917 bits per heavy atom. The van der Waals surface area contributed by atoms with E-state index >= 15 is 0 Å². The van der Waals surface area contributed by atoms with E-state index in [9.17, 15) is 0 Å². The third-order valence-electron chi connectivity index (χ3n) is 3.57. The normalized spacial score (nSPS) is 10.5. The summed E-state index contributed by atoms with van der Waals surface area (Å²) in [6.07, 6.45) is 1.03. The van der Waals surface area contributed by atoms with Crippen LogP contribution >= 0.6 is 15.9 Å². The maximum Gasteiger partial charge on any atom is 0.229 e. The highest BCUT2D eigenvalue weighted by molar-refractivity contribution is 9.10. The van der Waals surface area contributed by atoms with E-state index < -0.39 is 0 Å². The largest absolute Gasteiger partial charge is 0.340 e. The molecule has 2 N–H and O–H groups in total. The molecule has 0 bridgehead atoms. The Labute approximate surface area is 150 Å². The van der Waals surface area contributed by atoms with Gasteiger partial charge in [0.2, 0.25) is 5.95 Å². The van der Waals surface area contributed by atoms with Gasteiger partial charge >= 0.3 is 0 Å². The molecular formula is C19H19BrN4. The van der Waals surface area contributed by atoms with Gasteiger partial charge in [-0.3, -0.25) is 0 Å². The zero-order chi connectivity index (χ0) is 16.9. The number of hydrogen-bond donors (Lipinski definition) is 2. The maximum absolute atomic E-state index is 4.55. The van der Waals surface area contributed by atoms with Crippen molar-refractivity contribution in [3.63, 3.8) is 0 Å². The van der Waals surface area contributed by atoms with E-state index in [0.717, 1.165) is 33.8 Å². The molecule has 1 aromatic heterocycles. The predicted molar refractivity (Wildman–Crippen MR) is 103 cm³/mol. The van der Waals surface area contributed by atoms with E-state index in [-0.39, 0.29) is 0 Å². The molecule has 122 valence electrons. The molecule has 0 aliphatic carbocycles. The number of aromatic nitrogens is 2. The molecule has 5 heteroatoms. The highest BCUT2D eigenvalue weighted by Gasteiger charge is 2.04. The summed E-state index contributed by atoms with van der Waals surface area (Å²) in [5.41, 5.74) is 4.16. The molecule has 3 aromatic rings. The van der Waals surface area contributed by atoms with Crippen LogP contribution in [0.4, 0.5) is 23.1 Å². The lowest BCUT2D eigenvalue weighted by molar-refractivity contribution is 1.10. The van der Waals surface area contributed by atoms with Gasteiger partial charge in [-0.2, -0.15) is 4.98 Å².